The highest BCUT2D eigenvalue weighted by Gasteiger charge is 2.32. The van der Waals surface area contributed by atoms with Crippen LogP contribution >= 0.6 is 23.2 Å². The van der Waals surface area contributed by atoms with Crippen LogP contribution < -0.4 is 14.4 Å². The molecule has 2 amide bonds. The van der Waals surface area contributed by atoms with Gasteiger partial charge in [-0.1, -0.05) is 54.4 Å². The quantitative estimate of drug-likeness (QED) is 0.276. The first kappa shape index (κ1) is 31.3. The minimum absolute atomic E-state index is 0.00589. The largest absolute Gasteiger partial charge is 0.494 e. The number of rotatable bonds is 13. The molecule has 0 aromatic heterocycles. The van der Waals surface area contributed by atoms with E-state index in [0.29, 0.717) is 40.2 Å². The molecule has 0 aliphatic carbocycles. The summed E-state index contributed by atoms with van der Waals surface area (Å²) >= 11 is 12.4. The van der Waals surface area contributed by atoms with Crippen LogP contribution in [0.3, 0.4) is 0 Å². The topological polar surface area (TPSA) is 96.0 Å². The van der Waals surface area contributed by atoms with Crippen molar-refractivity contribution in [3.05, 3.63) is 88.4 Å². The Bertz CT molecular complexity index is 1400. The van der Waals surface area contributed by atoms with Crippen LogP contribution in [0.15, 0.2) is 77.7 Å². The Balaban J connectivity index is 2.00. The number of hydrogen-bond donors (Lipinski definition) is 1. The third kappa shape index (κ3) is 7.90. The Labute approximate surface area is 245 Å². The summed E-state index contributed by atoms with van der Waals surface area (Å²) in [5, 5.41) is 3.56. The van der Waals surface area contributed by atoms with Gasteiger partial charge in [-0.3, -0.25) is 13.9 Å². The molecule has 0 aliphatic heterocycles. The van der Waals surface area contributed by atoms with Gasteiger partial charge in [0.2, 0.25) is 11.8 Å². The highest BCUT2D eigenvalue weighted by atomic mass is 35.5. The lowest BCUT2D eigenvalue weighted by Crippen LogP contribution is -2.51. The molecule has 0 unspecified atom stereocenters. The van der Waals surface area contributed by atoms with Crippen LogP contribution in [0.2, 0.25) is 10.0 Å². The van der Waals surface area contributed by atoms with Gasteiger partial charge in [0.25, 0.3) is 10.0 Å². The predicted molar refractivity (Wildman–Crippen MR) is 158 cm³/mol. The van der Waals surface area contributed by atoms with Crippen molar-refractivity contribution >= 4 is 50.7 Å². The minimum Gasteiger partial charge on any atom is -0.494 e. The van der Waals surface area contributed by atoms with Crippen molar-refractivity contribution < 1.29 is 22.7 Å². The van der Waals surface area contributed by atoms with E-state index in [4.69, 9.17) is 27.9 Å². The number of amides is 2. The molecule has 0 heterocycles. The Morgan fingerprint density at radius 2 is 1.65 bits per heavy atom. The molecule has 3 aromatic rings. The number of sulfonamides is 1. The molecular formula is C29H33Cl2N3O5S. The standard InChI is InChI=1S/C29H33Cl2N3O5S/c1-4-17-32-29(36)21(3)33(19-22-11-12-23(30)18-27(22)31)28(35)20-34(24-9-7-6-8-10-24)40(37,38)26-15-13-25(14-16-26)39-5-2/h6-16,18,21H,4-5,17,19-20H2,1-3H3,(H,32,36)/t21-/m1/s1. The molecule has 40 heavy (non-hydrogen) atoms. The lowest BCUT2D eigenvalue weighted by atomic mass is 10.1. The number of carbonyl (C=O) groups is 2. The van der Waals surface area contributed by atoms with Crippen LogP contribution in [0.4, 0.5) is 5.69 Å². The number of nitrogens with one attached hydrogen (secondary N) is 1. The number of hydrogen-bond acceptors (Lipinski definition) is 5. The molecule has 0 saturated heterocycles. The van der Waals surface area contributed by atoms with Crippen LogP contribution in [0.5, 0.6) is 5.75 Å². The third-order valence-electron chi connectivity index (χ3n) is 6.12. The number of ether oxygens (including phenoxy) is 1. The molecule has 0 aliphatic rings. The number of anilines is 1. The van der Waals surface area contributed by atoms with Gasteiger partial charge in [0.15, 0.2) is 0 Å². The summed E-state index contributed by atoms with van der Waals surface area (Å²) < 4.78 is 34.2. The monoisotopic (exact) mass is 605 g/mol. The number of halogens is 2. The van der Waals surface area contributed by atoms with E-state index in [0.717, 1.165) is 10.7 Å². The molecule has 0 bridgehead atoms. The molecular weight excluding hydrogens is 573 g/mol. The van der Waals surface area contributed by atoms with E-state index in [9.17, 15) is 18.0 Å². The zero-order valence-electron chi connectivity index (χ0n) is 22.6. The van der Waals surface area contributed by atoms with E-state index < -0.39 is 28.5 Å². The average Bonchev–Trinajstić information content (AvgIpc) is 2.94. The second kappa shape index (κ2) is 14.4. The lowest BCUT2D eigenvalue weighted by Gasteiger charge is -2.32. The molecule has 11 heteroatoms. The molecule has 1 atom stereocenters. The summed E-state index contributed by atoms with van der Waals surface area (Å²) in [6, 6.07) is 18.3. The van der Waals surface area contributed by atoms with Gasteiger partial charge in [-0.05, 0) is 74.4 Å². The van der Waals surface area contributed by atoms with E-state index in [1.807, 2.05) is 13.8 Å². The fourth-order valence-electron chi connectivity index (χ4n) is 3.94. The van der Waals surface area contributed by atoms with E-state index in [1.165, 1.54) is 17.0 Å². The highest BCUT2D eigenvalue weighted by Crippen LogP contribution is 2.27. The molecule has 3 rings (SSSR count). The average molecular weight is 607 g/mol. The summed E-state index contributed by atoms with van der Waals surface area (Å²) in [5.74, 6) is -0.411. The summed E-state index contributed by atoms with van der Waals surface area (Å²) in [6.07, 6.45) is 0.720. The van der Waals surface area contributed by atoms with Gasteiger partial charge in [-0.2, -0.15) is 0 Å². The van der Waals surface area contributed by atoms with Gasteiger partial charge < -0.3 is 15.0 Å². The number of para-hydroxylation sites is 1. The van der Waals surface area contributed by atoms with Crippen molar-refractivity contribution in [1.82, 2.24) is 10.2 Å². The van der Waals surface area contributed by atoms with Gasteiger partial charge in [0, 0.05) is 23.1 Å². The van der Waals surface area contributed by atoms with Gasteiger partial charge >= 0.3 is 0 Å². The fourth-order valence-corrected chi connectivity index (χ4v) is 5.82. The van der Waals surface area contributed by atoms with E-state index in [1.54, 1.807) is 67.6 Å². The summed E-state index contributed by atoms with van der Waals surface area (Å²) in [7, 11) is -4.17. The lowest BCUT2D eigenvalue weighted by molar-refractivity contribution is -0.139. The summed E-state index contributed by atoms with van der Waals surface area (Å²) in [4.78, 5) is 28.1. The van der Waals surface area contributed by atoms with Crippen molar-refractivity contribution in [1.29, 1.82) is 0 Å². The van der Waals surface area contributed by atoms with Crippen molar-refractivity contribution in [3.8, 4) is 5.75 Å². The molecule has 0 saturated carbocycles. The van der Waals surface area contributed by atoms with E-state index in [2.05, 4.69) is 5.32 Å². The Hall–Kier alpha value is -3.27. The second-order valence-electron chi connectivity index (χ2n) is 8.98. The van der Waals surface area contributed by atoms with Crippen molar-refractivity contribution in [2.75, 3.05) is 24.0 Å². The zero-order valence-corrected chi connectivity index (χ0v) is 25.0. The SMILES string of the molecule is CCCNC(=O)[C@@H](C)N(Cc1ccc(Cl)cc1Cl)C(=O)CN(c1ccccc1)S(=O)(=O)c1ccc(OCC)cc1. The van der Waals surface area contributed by atoms with Crippen LogP contribution in [0.25, 0.3) is 0 Å². The normalized spacial score (nSPS) is 11.9. The summed E-state index contributed by atoms with van der Waals surface area (Å²) in [6.45, 7) is 5.66. The molecule has 8 nitrogen and oxygen atoms in total. The van der Waals surface area contributed by atoms with Crippen molar-refractivity contribution in [2.24, 2.45) is 0 Å². The van der Waals surface area contributed by atoms with Gasteiger partial charge in [0.05, 0.1) is 17.2 Å². The van der Waals surface area contributed by atoms with Crippen LogP contribution in [-0.4, -0.2) is 50.9 Å². The maximum Gasteiger partial charge on any atom is 0.264 e. The van der Waals surface area contributed by atoms with Gasteiger partial charge in [-0.15, -0.1) is 0 Å². The molecule has 0 spiro atoms. The zero-order chi connectivity index (χ0) is 29.3. The van der Waals surface area contributed by atoms with Crippen LogP contribution in [0, 0.1) is 0 Å². The first-order valence-corrected chi connectivity index (χ1v) is 15.1. The Morgan fingerprint density at radius 1 is 0.975 bits per heavy atom. The Morgan fingerprint density at radius 3 is 2.25 bits per heavy atom. The molecule has 0 radical (unpaired) electrons. The highest BCUT2D eigenvalue weighted by molar-refractivity contribution is 7.92. The first-order chi connectivity index (χ1) is 19.1. The van der Waals surface area contributed by atoms with Gasteiger partial charge in [-0.25, -0.2) is 8.42 Å². The Kier molecular flexibility index (Phi) is 11.2. The maximum absolute atomic E-state index is 13.9. The minimum atomic E-state index is -4.17. The molecule has 0 fully saturated rings. The molecule has 3 aromatic carbocycles. The molecule has 214 valence electrons. The van der Waals surface area contributed by atoms with E-state index in [-0.39, 0.29) is 17.3 Å². The fraction of sp³-hybridized carbons (Fsp3) is 0.310. The van der Waals surface area contributed by atoms with Crippen molar-refractivity contribution in [2.45, 2.75) is 44.7 Å². The summed E-state index contributed by atoms with van der Waals surface area (Å²) in [5.41, 5.74) is 0.868. The first-order valence-electron chi connectivity index (χ1n) is 12.9. The number of carbonyl (C=O) groups excluding carboxylic acids is 2. The number of nitrogens with zero attached hydrogens (tertiary/aromatic N) is 2. The van der Waals surface area contributed by atoms with E-state index >= 15 is 0 Å². The van der Waals surface area contributed by atoms with Crippen LogP contribution in [-0.2, 0) is 26.2 Å². The van der Waals surface area contributed by atoms with Gasteiger partial charge in [0.1, 0.15) is 18.3 Å². The van der Waals surface area contributed by atoms with Crippen LogP contribution in [0.1, 0.15) is 32.8 Å². The number of benzene rings is 3. The predicted octanol–water partition coefficient (Wildman–Crippen LogP) is 5.53. The molecule has 1 N–H and O–H groups in total. The van der Waals surface area contributed by atoms with Crippen molar-refractivity contribution in [3.63, 3.8) is 0 Å². The second-order valence-corrected chi connectivity index (χ2v) is 11.7. The maximum atomic E-state index is 13.9. The third-order valence-corrected chi connectivity index (χ3v) is 8.49. The smallest absolute Gasteiger partial charge is 0.264 e.